The molecular formula is C15H15N3OS. The molecule has 0 aliphatic carbocycles. The minimum atomic E-state index is -0.250. The van der Waals surface area contributed by atoms with Crippen molar-refractivity contribution in [1.82, 2.24) is 5.43 Å². The zero-order valence-electron chi connectivity index (χ0n) is 11.0. The molecule has 20 heavy (non-hydrogen) atoms. The number of hydrogen-bond donors (Lipinski definition) is 2. The number of anilines is 1. The lowest BCUT2D eigenvalue weighted by atomic mass is 10.1. The first kappa shape index (κ1) is 14.0. The lowest BCUT2D eigenvalue weighted by molar-refractivity contribution is 0.0954. The number of aryl methyl sites for hydroxylation is 1. The van der Waals surface area contributed by atoms with E-state index in [1.54, 1.807) is 6.07 Å². The van der Waals surface area contributed by atoms with Crippen LogP contribution in [0.15, 0.2) is 54.6 Å². The van der Waals surface area contributed by atoms with Crippen molar-refractivity contribution in [1.29, 1.82) is 0 Å². The van der Waals surface area contributed by atoms with E-state index in [9.17, 15) is 4.79 Å². The molecule has 0 spiro atoms. The summed E-state index contributed by atoms with van der Waals surface area (Å²) in [6.45, 7) is 1.88. The number of nitrogens with one attached hydrogen (secondary N) is 1. The molecule has 0 heterocycles. The average Bonchev–Trinajstić information content (AvgIpc) is 2.45. The highest BCUT2D eigenvalue weighted by molar-refractivity contribution is 7.80. The Kier molecular flexibility index (Phi) is 4.32. The summed E-state index contributed by atoms with van der Waals surface area (Å²) in [5, 5.41) is 1.47. The van der Waals surface area contributed by atoms with E-state index in [-0.39, 0.29) is 11.0 Å². The van der Waals surface area contributed by atoms with Gasteiger partial charge in [-0.3, -0.25) is 10.2 Å². The SMILES string of the molecule is Cc1ccccc1C(=O)NN(C(N)=S)c1ccccc1. The van der Waals surface area contributed by atoms with Crippen molar-refractivity contribution in [2.75, 3.05) is 5.01 Å². The summed E-state index contributed by atoms with van der Waals surface area (Å²) >= 11 is 4.99. The summed E-state index contributed by atoms with van der Waals surface area (Å²) in [6, 6.07) is 16.5. The van der Waals surface area contributed by atoms with Crippen LogP contribution in [0.5, 0.6) is 0 Å². The Morgan fingerprint density at radius 1 is 1.10 bits per heavy atom. The van der Waals surface area contributed by atoms with E-state index in [0.29, 0.717) is 11.3 Å². The third kappa shape index (κ3) is 3.13. The van der Waals surface area contributed by atoms with Gasteiger partial charge in [0, 0.05) is 5.56 Å². The van der Waals surface area contributed by atoms with Gasteiger partial charge in [0.15, 0.2) is 5.11 Å². The molecule has 5 heteroatoms. The summed E-state index contributed by atoms with van der Waals surface area (Å²) in [6.07, 6.45) is 0. The Hall–Kier alpha value is -2.40. The second-order valence-corrected chi connectivity index (χ2v) is 4.68. The van der Waals surface area contributed by atoms with Crippen molar-refractivity contribution in [2.45, 2.75) is 6.92 Å². The fourth-order valence-electron chi connectivity index (χ4n) is 1.81. The highest BCUT2D eigenvalue weighted by Gasteiger charge is 2.15. The van der Waals surface area contributed by atoms with Crippen molar-refractivity contribution in [3.05, 3.63) is 65.7 Å². The van der Waals surface area contributed by atoms with Crippen molar-refractivity contribution < 1.29 is 4.79 Å². The van der Waals surface area contributed by atoms with Gasteiger partial charge in [-0.15, -0.1) is 0 Å². The van der Waals surface area contributed by atoms with Gasteiger partial charge in [-0.2, -0.15) is 0 Å². The second-order valence-electron chi connectivity index (χ2n) is 4.27. The van der Waals surface area contributed by atoms with Crippen LogP contribution in [0.25, 0.3) is 0 Å². The minimum absolute atomic E-state index is 0.0816. The summed E-state index contributed by atoms with van der Waals surface area (Å²) in [5.41, 5.74) is 10.6. The van der Waals surface area contributed by atoms with E-state index in [0.717, 1.165) is 5.56 Å². The largest absolute Gasteiger partial charge is 0.374 e. The summed E-state index contributed by atoms with van der Waals surface area (Å²) in [7, 11) is 0. The predicted molar refractivity (Wildman–Crippen MR) is 84.4 cm³/mol. The normalized spacial score (nSPS) is 9.85. The molecule has 0 saturated carbocycles. The molecule has 0 aromatic heterocycles. The number of rotatable bonds is 2. The molecule has 2 rings (SSSR count). The fourth-order valence-corrected chi connectivity index (χ4v) is 1.96. The maximum absolute atomic E-state index is 12.3. The molecule has 4 nitrogen and oxygen atoms in total. The molecule has 0 radical (unpaired) electrons. The van der Waals surface area contributed by atoms with Crippen LogP contribution in [-0.4, -0.2) is 11.0 Å². The minimum Gasteiger partial charge on any atom is -0.374 e. The van der Waals surface area contributed by atoms with Gasteiger partial charge < -0.3 is 5.73 Å². The third-order valence-electron chi connectivity index (χ3n) is 2.84. The van der Waals surface area contributed by atoms with E-state index < -0.39 is 0 Å². The van der Waals surface area contributed by atoms with Gasteiger partial charge in [0.05, 0.1) is 5.69 Å². The van der Waals surface area contributed by atoms with E-state index in [1.807, 2.05) is 55.5 Å². The molecular weight excluding hydrogens is 270 g/mol. The van der Waals surface area contributed by atoms with Crippen molar-refractivity contribution in [3.63, 3.8) is 0 Å². The van der Waals surface area contributed by atoms with Crippen molar-refractivity contribution in [2.24, 2.45) is 5.73 Å². The summed E-state index contributed by atoms with van der Waals surface area (Å²) < 4.78 is 0. The number of nitrogens with two attached hydrogens (primary N) is 1. The van der Waals surface area contributed by atoms with Gasteiger partial charge in [0.25, 0.3) is 5.91 Å². The second kappa shape index (κ2) is 6.16. The monoisotopic (exact) mass is 285 g/mol. The highest BCUT2D eigenvalue weighted by atomic mass is 32.1. The van der Waals surface area contributed by atoms with Crippen LogP contribution in [0.4, 0.5) is 5.69 Å². The van der Waals surface area contributed by atoms with Crippen LogP contribution >= 0.6 is 12.2 Å². The molecule has 1 amide bonds. The molecule has 2 aromatic carbocycles. The van der Waals surface area contributed by atoms with E-state index >= 15 is 0 Å². The molecule has 2 aromatic rings. The van der Waals surface area contributed by atoms with Gasteiger partial charge in [-0.05, 0) is 42.9 Å². The van der Waals surface area contributed by atoms with Gasteiger partial charge in [-0.25, -0.2) is 5.01 Å². The summed E-state index contributed by atoms with van der Waals surface area (Å²) in [5.74, 6) is -0.250. The molecule has 0 aliphatic rings. The van der Waals surface area contributed by atoms with Crippen LogP contribution in [0, 0.1) is 6.92 Å². The molecule has 0 fully saturated rings. The number of thiocarbonyl (C=S) groups is 1. The quantitative estimate of drug-likeness (QED) is 0.657. The van der Waals surface area contributed by atoms with Crippen LogP contribution in [-0.2, 0) is 0 Å². The third-order valence-corrected chi connectivity index (χ3v) is 3.02. The van der Waals surface area contributed by atoms with Gasteiger partial charge in [0.2, 0.25) is 0 Å². The van der Waals surface area contributed by atoms with E-state index in [1.165, 1.54) is 5.01 Å². The molecule has 3 N–H and O–H groups in total. The number of carbonyl (C=O) groups excluding carboxylic acids is 1. The summed E-state index contributed by atoms with van der Waals surface area (Å²) in [4.78, 5) is 12.3. The number of nitrogens with zero attached hydrogens (tertiary/aromatic N) is 1. The number of hydrazine groups is 1. The first-order valence-corrected chi connectivity index (χ1v) is 6.51. The number of carbonyl (C=O) groups is 1. The topological polar surface area (TPSA) is 58.4 Å². The molecule has 0 aliphatic heterocycles. The number of hydrogen-bond acceptors (Lipinski definition) is 2. The predicted octanol–water partition coefficient (Wildman–Crippen LogP) is 2.39. The van der Waals surface area contributed by atoms with Crippen LogP contribution in [0.2, 0.25) is 0 Å². The smallest absolute Gasteiger partial charge is 0.270 e. The lowest BCUT2D eigenvalue weighted by Gasteiger charge is -2.23. The number of benzene rings is 2. The fraction of sp³-hybridized carbons (Fsp3) is 0.0667. The van der Waals surface area contributed by atoms with Crippen molar-refractivity contribution in [3.8, 4) is 0 Å². The Labute approximate surface area is 123 Å². The van der Waals surface area contributed by atoms with Crippen LogP contribution < -0.4 is 16.2 Å². The lowest BCUT2D eigenvalue weighted by Crippen LogP contribution is -2.49. The zero-order valence-corrected chi connectivity index (χ0v) is 11.9. The van der Waals surface area contributed by atoms with Crippen LogP contribution in [0.3, 0.4) is 0 Å². The van der Waals surface area contributed by atoms with Crippen molar-refractivity contribution >= 4 is 28.9 Å². The van der Waals surface area contributed by atoms with Gasteiger partial charge >= 0.3 is 0 Å². The standard InChI is InChI=1S/C15H15N3OS/c1-11-7-5-6-10-13(11)14(19)17-18(15(16)20)12-8-3-2-4-9-12/h2-10H,1H3,(H2,16,20)(H,17,19). The molecule has 0 bridgehead atoms. The molecule has 0 saturated heterocycles. The Balaban J connectivity index is 2.24. The maximum Gasteiger partial charge on any atom is 0.270 e. The molecule has 0 atom stereocenters. The molecule has 0 unspecified atom stereocenters. The Bertz CT molecular complexity index is 628. The molecule has 102 valence electrons. The zero-order chi connectivity index (χ0) is 14.5. The number of para-hydroxylation sites is 1. The van der Waals surface area contributed by atoms with Gasteiger partial charge in [0.1, 0.15) is 0 Å². The van der Waals surface area contributed by atoms with E-state index in [2.05, 4.69) is 5.43 Å². The first-order chi connectivity index (χ1) is 9.59. The van der Waals surface area contributed by atoms with Crippen LogP contribution in [0.1, 0.15) is 15.9 Å². The number of amides is 1. The average molecular weight is 285 g/mol. The highest BCUT2D eigenvalue weighted by Crippen LogP contribution is 2.12. The first-order valence-electron chi connectivity index (χ1n) is 6.11. The maximum atomic E-state index is 12.3. The Morgan fingerprint density at radius 3 is 2.30 bits per heavy atom. The van der Waals surface area contributed by atoms with Gasteiger partial charge in [-0.1, -0.05) is 36.4 Å². The Morgan fingerprint density at radius 2 is 1.70 bits per heavy atom. The van der Waals surface area contributed by atoms with E-state index in [4.69, 9.17) is 18.0 Å².